The lowest BCUT2D eigenvalue weighted by atomic mass is 9.84. The zero-order chi connectivity index (χ0) is 36.5. The highest BCUT2D eigenvalue weighted by Crippen LogP contribution is 2.42. The normalized spacial score (nSPS) is 11.4. The molecule has 0 aliphatic heterocycles. The van der Waals surface area contributed by atoms with E-state index in [1.165, 1.54) is 23.5 Å². The SMILES string of the molecule is C=C.O=C(OCc1ccccc1)c1ccccc1Sc1cccc2c1C(=O)c1cccc(Sc3ccccc3C(=O)OCc3ccccc3)c1C2=O. The summed E-state index contributed by atoms with van der Waals surface area (Å²) in [4.78, 5) is 57.0. The molecule has 0 bridgehead atoms. The number of hydrogen-bond donors (Lipinski definition) is 0. The second kappa shape index (κ2) is 16.8. The monoisotopic (exact) mass is 720 g/mol. The van der Waals surface area contributed by atoms with E-state index in [9.17, 15) is 19.2 Å². The van der Waals surface area contributed by atoms with E-state index in [1.54, 1.807) is 72.8 Å². The van der Waals surface area contributed by atoms with Crippen LogP contribution >= 0.6 is 23.5 Å². The predicted octanol–water partition coefficient (Wildman–Crippen LogP) is 10.3. The first-order valence-electron chi connectivity index (χ1n) is 16.3. The van der Waals surface area contributed by atoms with E-state index in [4.69, 9.17) is 9.47 Å². The molecule has 0 amide bonds. The fraction of sp³-hybridized carbons (Fsp3) is 0.0455. The van der Waals surface area contributed by atoms with Gasteiger partial charge in [0.1, 0.15) is 13.2 Å². The van der Waals surface area contributed by atoms with Crippen LogP contribution in [0.2, 0.25) is 0 Å². The maximum atomic E-state index is 14.2. The maximum Gasteiger partial charge on any atom is 0.339 e. The minimum Gasteiger partial charge on any atom is -0.457 e. The Morgan fingerprint density at radius 3 is 1.19 bits per heavy atom. The van der Waals surface area contributed by atoms with Crippen LogP contribution in [-0.4, -0.2) is 23.5 Å². The Morgan fingerprint density at radius 2 is 0.788 bits per heavy atom. The fourth-order valence-corrected chi connectivity index (χ4v) is 7.83. The Bertz CT molecular complexity index is 2110. The molecule has 0 heterocycles. The molecule has 0 saturated heterocycles. The molecule has 1 aliphatic rings. The second-order valence-corrected chi connectivity index (χ2v) is 13.5. The van der Waals surface area contributed by atoms with Gasteiger partial charge in [-0.1, -0.05) is 133 Å². The van der Waals surface area contributed by atoms with Crippen LogP contribution in [0.15, 0.2) is 178 Å². The van der Waals surface area contributed by atoms with Crippen molar-refractivity contribution in [3.8, 4) is 0 Å². The number of hydrogen-bond acceptors (Lipinski definition) is 8. The summed E-state index contributed by atoms with van der Waals surface area (Å²) in [5.41, 5.74) is 3.59. The van der Waals surface area contributed by atoms with Crippen molar-refractivity contribution in [2.45, 2.75) is 32.8 Å². The molecule has 0 radical (unpaired) electrons. The summed E-state index contributed by atoms with van der Waals surface area (Å²) in [6, 6.07) is 43.3. The maximum absolute atomic E-state index is 14.2. The van der Waals surface area contributed by atoms with Crippen molar-refractivity contribution < 1.29 is 28.7 Å². The van der Waals surface area contributed by atoms with Crippen molar-refractivity contribution in [1.82, 2.24) is 0 Å². The molecule has 256 valence electrons. The largest absolute Gasteiger partial charge is 0.457 e. The summed E-state index contributed by atoms with van der Waals surface area (Å²) in [5, 5.41) is 0. The summed E-state index contributed by atoms with van der Waals surface area (Å²) >= 11 is 2.49. The number of benzene rings is 6. The van der Waals surface area contributed by atoms with Crippen LogP contribution in [-0.2, 0) is 22.7 Å². The fourth-order valence-electron chi connectivity index (χ4n) is 5.64. The van der Waals surface area contributed by atoms with Crippen LogP contribution in [0.5, 0.6) is 0 Å². The predicted molar refractivity (Wildman–Crippen MR) is 203 cm³/mol. The number of rotatable bonds is 10. The molecule has 8 heteroatoms. The molecule has 6 aromatic carbocycles. The molecule has 6 nitrogen and oxygen atoms in total. The quantitative estimate of drug-likeness (QED) is 0.102. The van der Waals surface area contributed by atoms with Gasteiger partial charge in [0.05, 0.1) is 11.1 Å². The standard InChI is InChI=1S/C42H28O6S2.C2H4/c43-39-32-20-12-24-36(50-34-22-10-8-18-30(34)42(46)48-26-28-15-5-2-6-16-28)38(32)40(44)31-19-11-23-35(37(31)39)49-33-21-9-7-17-29(33)41(45)47-25-27-13-3-1-4-14-27;1-2/h1-24H,25-26H2;1-2H2. The highest BCUT2D eigenvalue weighted by Gasteiger charge is 2.34. The highest BCUT2D eigenvalue weighted by molar-refractivity contribution is 7.99. The van der Waals surface area contributed by atoms with E-state index in [-0.39, 0.29) is 47.0 Å². The van der Waals surface area contributed by atoms with Crippen molar-refractivity contribution in [2.75, 3.05) is 0 Å². The zero-order valence-electron chi connectivity index (χ0n) is 28.0. The van der Waals surface area contributed by atoms with Gasteiger partial charge in [-0.3, -0.25) is 9.59 Å². The van der Waals surface area contributed by atoms with Gasteiger partial charge in [0, 0.05) is 41.8 Å². The van der Waals surface area contributed by atoms with Gasteiger partial charge in [-0.25, -0.2) is 9.59 Å². The Hall–Kier alpha value is -5.96. The smallest absolute Gasteiger partial charge is 0.339 e. The number of carbonyl (C=O) groups is 4. The van der Waals surface area contributed by atoms with Gasteiger partial charge in [-0.05, 0) is 47.5 Å². The molecule has 0 aromatic heterocycles. The number of fused-ring (bicyclic) bond motifs is 2. The van der Waals surface area contributed by atoms with Crippen LogP contribution in [0.4, 0.5) is 0 Å². The summed E-state index contributed by atoms with van der Waals surface area (Å²) in [5.74, 6) is -1.56. The van der Waals surface area contributed by atoms with Gasteiger partial charge >= 0.3 is 11.9 Å². The summed E-state index contributed by atoms with van der Waals surface area (Å²) in [6.45, 7) is 6.26. The molecule has 6 aromatic rings. The number of esters is 2. The first-order valence-corrected chi connectivity index (χ1v) is 17.9. The van der Waals surface area contributed by atoms with E-state index in [0.29, 0.717) is 30.7 Å². The molecule has 0 atom stereocenters. The number of ether oxygens (including phenoxy) is 2. The first kappa shape index (κ1) is 35.9. The lowest BCUT2D eigenvalue weighted by Gasteiger charge is -2.22. The second-order valence-electron chi connectivity index (χ2n) is 11.3. The van der Waals surface area contributed by atoms with E-state index in [2.05, 4.69) is 13.2 Å². The minimum absolute atomic E-state index is 0.128. The van der Waals surface area contributed by atoms with Crippen molar-refractivity contribution >= 4 is 47.0 Å². The molecule has 1 aliphatic carbocycles. The van der Waals surface area contributed by atoms with Crippen molar-refractivity contribution in [1.29, 1.82) is 0 Å². The summed E-state index contributed by atoms with van der Waals surface area (Å²) < 4.78 is 11.2. The molecular weight excluding hydrogens is 689 g/mol. The topological polar surface area (TPSA) is 86.7 Å². The Labute approximate surface area is 310 Å². The lowest BCUT2D eigenvalue weighted by molar-refractivity contribution is 0.0460. The van der Waals surface area contributed by atoms with E-state index in [1.807, 2.05) is 72.8 Å². The van der Waals surface area contributed by atoms with E-state index >= 15 is 0 Å². The molecule has 52 heavy (non-hydrogen) atoms. The Kier molecular flexibility index (Phi) is 11.6. The van der Waals surface area contributed by atoms with Crippen molar-refractivity contribution in [3.05, 3.63) is 203 Å². The molecule has 0 fully saturated rings. The van der Waals surface area contributed by atoms with Crippen molar-refractivity contribution in [2.24, 2.45) is 0 Å². The summed E-state index contributed by atoms with van der Waals surface area (Å²) in [7, 11) is 0. The lowest BCUT2D eigenvalue weighted by Crippen LogP contribution is -2.22. The van der Waals surface area contributed by atoms with E-state index < -0.39 is 11.9 Å². The van der Waals surface area contributed by atoms with E-state index in [0.717, 1.165) is 11.1 Å². The van der Waals surface area contributed by atoms with Gasteiger partial charge in [-0.2, -0.15) is 0 Å². The zero-order valence-corrected chi connectivity index (χ0v) is 29.6. The third kappa shape index (κ3) is 7.84. The van der Waals surface area contributed by atoms with Gasteiger partial charge in [0.15, 0.2) is 11.6 Å². The van der Waals surface area contributed by atoms with Crippen LogP contribution in [0.25, 0.3) is 0 Å². The van der Waals surface area contributed by atoms with Gasteiger partial charge in [0.2, 0.25) is 0 Å². The van der Waals surface area contributed by atoms with Crippen LogP contribution in [0.3, 0.4) is 0 Å². The minimum atomic E-state index is -0.486. The first-order chi connectivity index (χ1) is 25.5. The third-order valence-electron chi connectivity index (χ3n) is 8.08. The summed E-state index contributed by atoms with van der Waals surface area (Å²) in [6.07, 6.45) is 0. The molecule has 0 saturated carbocycles. The average molecular weight is 721 g/mol. The van der Waals surface area contributed by atoms with Gasteiger partial charge in [0.25, 0.3) is 0 Å². The Morgan fingerprint density at radius 1 is 0.442 bits per heavy atom. The van der Waals surface area contributed by atoms with Crippen molar-refractivity contribution in [3.63, 3.8) is 0 Å². The van der Waals surface area contributed by atoms with Crippen LogP contribution < -0.4 is 0 Å². The molecule has 0 N–H and O–H groups in total. The molecule has 7 rings (SSSR count). The molecular formula is C44H32O6S2. The molecule has 0 spiro atoms. The van der Waals surface area contributed by atoms with Gasteiger partial charge < -0.3 is 9.47 Å². The van der Waals surface area contributed by atoms with Crippen LogP contribution in [0, 0.1) is 0 Å². The third-order valence-corrected chi connectivity index (χ3v) is 10.3. The number of carbonyl (C=O) groups excluding carboxylic acids is 4. The molecule has 0 unspecified atom stereocenters. The Balaban J connectivity index is 0.00000228. The highest BCUT2D eigenvalue weighted by atomic mass is 32.2. The van der Waals surface area contributed by atoms with Gasteiger partial charge in [-0.15, -0.1) is 13.2 Å². The average Bonchev–Trinajstić information content (AvgIpc) is 3.20. The number of ketones is 2. The van der Waals surface area contributed by atoms with Crippen LogP contribution in [0.1, 0.15) is 63.7 Å².